The van der Waals surface area contributed by atoms with E-state index in [4.69, 9.17) is 21.1 Å². The molecule has 5 atom stereocenters. The molecule has 0 aromatic carbocycles. The second kappa shape index (κ2) is 9.88. The van der Waals surface area contributed by atoms with Crippen molar-refractivity contribution in [2.45, 2.75) is 75.0 Å². The minimum Gasteiger partial charge on any atom is -0.393 e. The lowest BCUT2D eigenvalue weighted by molar-refractivity contribution is -0.110. The zero-order chi connectivity index (χ0) is 24.7. The lowest BCUT2D eigenvalue weighted by Gasteiger charge is -2.32. The van der Waals surface area contributed by atoms with Crippen molar-refractivity contribution in [2.75, 3.05) is 18.5 Å². The van der Waals surface area contributed by atoms with Gasteiger partial charge < -0.3 is 39.9 Å². The van der Waals surface area contributed by atoms with Gasteiger partial charge in [0.25, 0.3) is 0 Å². The number of rotatable bonds is 9. The Morgan fingerprint density at radius 1 is 1.26 bits per heavy atom. The molecule has 1 aliphatic carbocycles. The molecule has 2 aromatic heterocycles. The van der Waals surface area contributed by atoms with E-state index in [-0.39, 0.29) is 23.4 Å². The van der Waals surface area contributed by atoms with Gasteiger partial charge in [0.2, 0.25) is 5.28 Å². The number of fused-ring (bicyclic) bond motifs is 1. The summed E-state index contributed by atoms with van der Waals surface area (Å²) in [4.78, 5) is 27.6. The molecule has 2 fully saturated rings. The summed E-state index contributed by atoms with van der Waals surface area (Å²) in [5, 5.41) is 39.9. The van der Waals surface area contributed by atoms with Crippen LogP contribution in [0, 0.1) is 0 Å². The first-order chi connectivity index (χ1) is 16.1. The first kappa shape index (κ1) is 25.6. The molecule has 6 N–H and O–H groups in total. The minimum absolute atomic E-state index is 0.0678. The van der Waals surface area contributed by atoms with E-state index in [2.05, 4.69) is 25.6 Å². The van der Waals surface area contributed by atoms with Crippen LogP contribution in [0.2, 0.25) is 5.28 Å². The molecule has 2 aliphatic rings. The molecular formula is C18H28ClN6O8P. The molecule has 190 valence electrons. The van der Waals surface area contributed by atoms with Crippen LogP contribution in [-0.2, 0) is 14.0 Å². The van der Waals surface area contributed by atoms with Gasteiger partial charge in [-0.1, -0.05) is 25.0 Å². The predicted molar refractivity (Wildman–Crippen MR) is 118 cm³/mol. The van der Waals surface area contributed by atoms with Crippen LogP contribution in [0.5, 0.6) is 0 Å². The Bertz CT molecular complexity index is 1060. The fourth-order valence-corrected chi connectivity index (χ4v) is 5.29. The first-order valence-corrected chi connectivity index (χ1v) is 13.0. The molecular weight excluding hydrogens is 495 g/mol. The molecule has 0 radical (unpaired) electrons. The van der Waals surface area contributed by atoms with Crippen molar-refractivity contribution >= 4 is 36.2 Å². The van der Waals surface area contributed by atoms with Gasteiger partial charge in [-0.05, 0) is 30.9 Å². The molecule has 34 heavy (non-hydrogen) atoms. The molecule has 2 aromatic rings. The highest BCUT2D eigenvalue weighted by molar-refractivity contribution is 7.53. The number of halogens is 1. The lowest BCUT2D eigenvalue weighted by Crippen LogP contribution is -2.41. The van der Waals surface area contributed by atoms with Crippen LogP contribution in [-0.4, -0.2) is 93.0 Å². The number of anilines is 1. The van der Waals surface area contributed by atoms with Gasteiger partial charge >= 0.3 is 7.60 Å². The quantitative estimate of drug-likeness (QED) is 0.192. The van der Waals surface area contributed by atoms with E-state index in [1.54, 1.807) is 0 Å². The van der Waals surface area contributed by atoms with Crippen molar-refractivity contribution in [1.29, 1.82) is 0 Å². The van der Waals surface area contributed by atoms with Gasteiger partial charge in [-0.15, -0.1) is 5.10 Å². The van der Waals surface area contributed by atoms with Crippen LogP contribution in [0.3, 0.4) is 0 Å². The topological polar surface area (TPSA) is 205 Å². The summed E-state index contributed by atoms with van der Waals surface area (Å²) in [5.41, 5.74) is 0.486. The van der Waals surface area contributed by atoms with E-state index in [0.29, 0.717) is 11.3 Å². The number of aliphatic hydroxyl groups excluding tert-OH is 3. The largest absolute Gasteiger partial charge is 0.393 e. The predicted octanol–water partition coefficient (Wildman–Crippen LogP) is 0.141. The summed E-state index contributed by atoms with van der Waals surface area (Å²) in [6, 6.07) is 0.218. The normalized spacial score (nSPS) is 28.0. The maximum atomic E-state index is 11.9. The van der Waals surface area contributed by atoms with E-state index in [0.717, 1.165) is 25.7 Å². The maximum Gasteiger partial charge on any atom is 0.359 e. The summed E-state index contributed by atoms with van der Waals surface area (Å²) in [7, 11) is -4.86. The molecule has 1 aliphatic heterocycles. The second-order valence-corrected chi connectivity index (χ2v) is 10.8. The Kier molecular flexibility index (Phi) is 7.44. The second-order valence-electron chi connectivity index (χ2n) is 8.53. The number of aromatic nitrogens is 5. The molecule has 16 heteroatoms. The molecule has 0 bridgehead atoms. The molecule has 1 saturated heterocycles. The minimum atomic E-state index is -4.86. The third kappa shape index (κ3) is 4.66. The summed E-state index contributed by atoms with van der Waals surface area (Å²) in [6.07, 6.45) is -1.41. The molecule has 0 amide bonds. The monoisotopic (exact) mass is 522 g/mol. The maximum absolute atomic E-state index is 11.9. The highest BCUT2D eigenvalue weighted by atomic mass is 35.5. The van der Waals surface area contributed by atoms with Crippen molar-refractivity contribution in [3.8, 4) is 0 Å². The Hall–Kier alpha value is -1.48. The van der Waals surface area contributed by atoms with E-state index in [1.165, 1.54) is 11.6 Å². The number of ether oxygens (including phenoxy) is 2. The van der Waals surface area contributed by atoms with Gasteiger partial charge in [-0.2, -0.15) is 14.6 Å². The summed E-state index contributed by atoms with van der Waals surface area (Å²) >= 11 is 6.11. The number of hydrogen-bond acceptors (Lipinski definition) is 11. The van der Waals surface area contributed by atoms with Crippen molar-refractivity contribution < 1.29 is 39.1 Å². The van der Waals surface area contributed by atoms with Crippen LogP contribution in [0.15, 0.2) is 0 Å². The van der Waals surface area contributed by atoms with Crippen LogP contribution in [0.1, 0.15) is 45.3 Å². The van der Waals surface area contributed by atoms with E-state index < -0.39 is 50.7 Å². The van der Waals surface area contributed by atoms with Crippen LogP contribution < -0.4 is 5.32 Å². The van der Waals surface area contributed by atoms with E-state index in [9.17, 15) is 29.7 Å². The van der Waals surface area contributed by atoms with Gasteiger partial charge in [-0.25, -0.2) is 0 Å². The number of aliphatic hydroxyl groups is 3. The third-order valence-electron chi connectivity index (χ3n) is 6.42. The van der Waals surface area contributed by atoms with Crippen molar-refractivity contribution in [3.63, 3.8) is 0 Å². The number of nitrogens with one attached hydrogen (secondary N) is 1. The van der Waals surface area contributed by atoms with Gasteiger partial charge in [0.05, 0.1) is 13.2 Å². The van der Waals surface area contributed by atoms with Gasteiger partial charge in [0.15, 0.2) is 28.6 Å². The van der Waals surface area contributed by atoms with Gasteiger partial charge in [-0.3, -0.25) is 4.57 Å². The fourth-order valence-electron chi connectivity index (χ4n) is 4.29. The molecule has 4 rings (SSSR count). The highest BCUT2D eigenvalue weighted by Crippen LogP contribution is 2.53. The molecule has 1 saturated carbocycles. The number of nitrogens with zero attached hydrogens (tertiary/aromatic N) is 5. The SMILES string of the molecule is CCC(CO)(OC[C@H]1O[C@@H](n2nnc3c(NC4CCCC4)nc(Cl)nc32)[C@H](O)[C@@H]1O)P(=O)(O)O. The van der Waals surface area contributed by atoms with Gasteiger partial charge in [0.1, 0.15) is 18.3 Å². The van der Waals surface area contributed by atoms with E-state index in [1.807, 2.05) is 0 Å². The fraction of sp³-hybridized carbons (Fsp3) is 0.778. The van der Waals surface area contributed by atoms with Crippen molar-refractivity contribution in [3.05, 3.63) is 5.28 Å². The third-order valence-corrected chi connectivity index (χ3v) is 8.23. The summed E-state index contributed by atoms with van der Waals surface area (Å²) in [5.74, 6) is 0.401. The summed E-state index contributed by atoms with van der Waals surface area (Å²) < 4.78 is 24.1. The van der Waals surface area contributed by atoms with Crippen LogP contribution in [0.4, 0.5) is 5.82 Å². The van der Waals surface area contributed by atoms with Crippen molar-refractivity contribution in [2.24, 2.45) is 0 Å². The zero-order valence-corrected chi connectivity index (χ0v) is 20.0. The summed E-state index contributed by atoms with van der Waals surface area (Å²) in [6.45, 7) is -0.00530. The average molecular weight is 523 g/mol. The highest BCUT2D eigenvalue weighted by Gasteiger charge is 2.50. The smallest absolute Gasteiger partial charge is 0.359 e. The first-order valence-electron chi connectivity index (χ1n) is 11.0. The molecule has 1 unspecified atom stereocenters. The zero-order valence-electron chi connectivity index (χ0n) is 18.4. The van der Waals surface area contributed by atoms with Gasteiger partial charge in [0, 0.05) is 6.04 Å². The van der Waals surface area contributed by atoms with E-state index >= 15 is 0 Å². The standard InChI is InChI=1S/C18H28ClN6O8P/c1-2-18(8-26,34(29,30)31)32-7-10-12(27)13(28)16(33-10)25-15-11(23-24-25)14(21-17(19)22-15)20-9-5-3-4-6-9/h9-10,12-13,16,26-28H,2-8H2,1H3,(H,20,21,22)(H2,29,30,31)/t10-,12-,13-,16-,18?/m1/s1. The number of hydrogen-bond donors (Lipinski definition) is 6. The molecule has 3 heterocycles. The van der Waals surface area contributed by atoms with Crippen LogP contribution >= 0.6 is 19.2 Å². The molecule has 14 nitrogen and oxygen atoms in total. The van der Waals surface area contributed by atoms with Crippen molar-refractivity contribution in [1.82, 2.24) is 25.0 Å². The Labute approximate surface area is 199 Å². The Balaban J connectivity index is 1.56. The Morgan fingerprint density at radius 3 is 2.59 bits per heavy atom. The van der Waals surface area contributed by atoms with Crippen LogP contribution in [0.25, 0.3) is 11.2 Å². The molecule has 0 spiro atoms. The Morgan fingerprint density at radius 2 is 1.97 bits per heavy atom. The lowest BCUT2D eigenvalue weighted by atomic mass is 10.1. The average Bonchev–Trinajstić information content (AvgIpc) is 3.50.